The highest BCUT2D eigenvalue weighted by atomic mass is 19.4. The van der Waals surface area contributed by atoms with E-state index in [1.54, 1.807) is 21.7 Å². The van der Waals surface area contributed by atoms with Crippen LogP contribution in [0.1, 0.15) is 84.6 Å². The minimum absolute atomic E-state index is 0.172. The van der Waals surface area contributed by atoms with Gasteiger partial charge in [0.25, 0.3) is 5.91 Å². The fourth-order valence-corrected chi connectivity index (χ4v) is 7.95. The summed E-state index contributed by atoms with van der Waals surface area (Å²) in [4.78, 5) is 60.5. The molecule has 3 fully saturated rings. The van der Waals surface area contributed by atoms with Crippen LogP contribution in [0.25, 0.3) is 5.65 Å². The molecule has 55 heavy (non-hydrogen) atoms. The number of anilines is 3. The van der Waals surface area contributed by atoms with E-state index in [2.05, 4.69) is 40.9 Å². The zero-order valence-electron chi connectivity index (χ0n) is 30.1. The summed E-state index contributed by atoms with van der Waals surface area (Å²) >= 11 is 0. The largest absolute Gasteiger partial charge is 0.437 e. The Bertz CT molecular complexity index is 2120. The van der Waals surface area contributed by atoms with Crippen LogP contribution < -0.4 is 20.9 Å². The van der Waals surface area contributed by atoms with E-state index in [0.717, 1.165) is 81.8 Å². The van der Waals surface area contributed by atoms with E-state index >= 15 is 0 Å². The second kappa shape index (κ2) is 15.0. The lowest BCUT2D eigenvalue weighted by atomic mass is 9.82. The Morgan fingerprint density at radius 3 is 2.47 bits per heavy atom. The van der Waals surface area contributed by atoms with Crippen molar-refractivity contribution >= 4 is 46.5 Å². The van der Waals surface area contributed by atoms with Crippen molar-refractivity contribution in [3.05, 3.63) is 65.4 Å². The number of hydrogen-bond acceptors (Lipinski definition) is 9. The molecule has 18 heteroatoms. The van der Waals surface area contributed by atoms with E-state index in [0.29, 0.717) is 36.3 Å². The van der Waals surface area contributed by atoms with Crippen molar-refractivity contribution in [1.82, 2.24) is 39.5 Å². The van der Waals surface area contributed by atoms with Gasteiger partial charge in [-0.3, -0.25) is 29.3 Å². The Labute approximate surface area is 314 Å². The molecule has 2 saturated heterocycles. The number of fused-ring (bicyclic) bond motifs is 2. The first kappa shape index (κ1) is 36.5. The molecule has 4 aromatic rings. The van der Waals surface area contributed by atoms with Gasteiger partial charge in [0.05, 0.1) is 29.5 Å². The SMILES string of the molecule is O=C1CCC(N2Cc3cc(N4CCN(CCCCCn5cc(NC(=O)Nc6cnc7ccnn7c6C6CCC6)c(C(F)(F)F)n5)CC4)ccc3C2=O)C(=O)N1. The number of nitrogens with one attached hydrogen (secondary N) is 3. The number of carbonyl (C=O) groups is 4. The molecule has 3 aliphatic heterocycles. The molecule has 0 bridgehead atoms. The van der Waals surface area contributed by atoms with Gasteiger partial charge >= 0.3 is 12.2 Å². The maximum Gasteiger partial charge on any atom is 0.437 e. The van der Waals surface area contributed by atoms with Crippen molar-refractivity contribution in [3.8, 4) is 0 Å². The monoisotopic (exact) mass is 761 g/mol. The van der Waals surface area contributed by atoms with Crippen LogP contribution in [0.5, 0.6) is 0 Å². The molecule has 3 N–H and O–H groups in total. The summed E-state index contributed by atoms with van der Waals surface area (Å²) < 4.78 is 44.8. The van der Waals surface area contributed by atoms with Crippen LogP contribution in [-0.4, -0.2) is 96.7 Å². The minimum atomic E-state index is -4.75. The van der Waals surface area contributed by atoms with Gasteiger partial charge in [0.1, 0.15) is 6.04 Å². The van der Waals surface area contributed by atoms with Gasteiger partial charge in [-0.1, -0.05) is 12.8 Å². The topological polar surface area (TPSA) is 162 Å². The molecule has 15 nitrogen and oxygen atoms in total. The van der Waals surface area contributed by atoms with Crippen LogP contribution in [0.4, 0.5) is 35.0 Å². The van der Waals surface area contributed by atoms with E-state index in [-0.39, 0.29) is 30.7 Å². The summed E-state index contributed by atoms with van der Waals surface area (Å²) in [5.74, 6) is -0.756. The first-order valence-electron chi connectivity index (χ1n) is 18.8. The summed E-state index contributed by atoms with van der Waals surface area (Å²) in [7, 11) is 0. The van der Waals surface area contributed by atoms with Crippen molar-refractivity contribution in [1.29, 1.82) is 0 Å². The molecule has 8 rings (SSSR count). The van der Waals surface area contributed by atoms with Crippen LogP contribution in [-0.2, 0) is 28.9 Å². The highest BCUT2D eigenvalue weighted by molar-refractivity contribution is 6.05. The number of amides is 5. The van der Waals surface area contributed by atoms with E-state index in [1.165, 1.54) is 17.1 Å². The number of piperazine rings is 1. The quantitative estimate of drug-likeness (QED) is 0.147. The van der Waals surface area contributed by atoms with Gasteiger partial charge in [0.2, 0.25) is 11.8 Å². The molecule has 0 radical (unpaired) electrons. The fourth-order valence-electron chi connectivity index (χ4n) is 7.95. The first-order valence-corrected chi connectivity index (χ1v) is 18.8. The standard InChI is InChI=1S/C37H42F3N11O4/c38-37(39,40)33-28(44-36(55)43-27-20-41-30-11-12-42-51(30)32(27)23-5-4-6-23)22-49(46-33)14-3-1-2-13-47-15-17-48(18-16-47)25-7-8-26-24(19-25)21-50(35(26)54)29-9-10-31(52)45-34(29)53/h7-8,11-12,19-20,22-23,29H,1-6,9-10,13-18,21H2,(H2,43,44,55)(H,45,52,53). The van der Waals surface area contributed by atoms with Crippen molar-refractivity contribution in [2.24, 2.45) is 0 Å². The predicted molar refractivity (Wildman–Crippen MR) is 194 cm³/mol. The van der Waals surface area contributed by atoms with Gasteiger partial charge in [-0.25, -0.2) is 14.3 Å². The van der Waals surface area contributed by atoms with Crippen molar-refractivity contribution in [2.75, 3.05) is 48.3 Å². The summed E-state index contributed by atoms with van der Waals surface area (Å²) in [6.07, 6.45) is 5.32. The van der Waals surface area contributed by atoms with E-state index in [1.807, 2.05) is 18.2 Å². The maximum absolute atomic E-state index is 14.0. The van der Waals surface area contributed by atoms with Gasteiger partial charge < -0.3 is 20.4 Å². The van der Waals surface area contributed by atoms with Crippen LogP contribution in [0, 0.1) is 0 Å². The molecule has 1 aliphatic carbocycles. The molecule has 0 spiro atoms. The lowest BCUT2D eigenvalue weighted by molar-refractivity contribution is -0.141. The van der Waals surface area contributed by atoms with Gasteiger partial charge in [0, 0.05) is 75.1 Å². The Morgan fingerprint density at radius 2 is 1.73 bits per heavy atom. The molecular formula is C37H42F3N11O4. The second-order valence-electron chi connectivity index (χ2n) is 14.6. The van der Waals surface area contributed by atoms with Gasteiger partial charge in [-0.15, -0.1) is 0 Å². The number of aromatic nitrogens is 5. The Morgan fingerprint density at radius 1 is 0.945 bits per heavy atom. The number of halogens is 3. The van der Waals surface area contributed by atoms with E-state index < -0.39 is 35.5 Å². The highest BCUT2D eigenvalue weighted by Gasteiger charge is 2.40. The number of aryl methyl sites for hydroxylation is 1. The molecule has 1 saturated carbocycles. The first-order chi connectivity index (χ1) is 26.5. The number of benzene rings is 1. The average Bonchev–Trinajstić information content (AvgIpc) is 3.86. The van der Waals surface area contributed by atoms with Crippen LogP contribution >= 0.6 is 0 Å². The third-order valence-electron chi connectivity index (χ3n) is 11.1. The van der Waals surface area contributed by atoms with Gasteiger partial charge in [0.15, 0.2) is 11.3 Å². The lowest BCUT2D eigenvalue weighted by Crippen LogP contribution is -2.52. The fraction of sp³-hybridized carbons (Fsp3) is 0.486. The molecule has 1 aromatic carbocycles. The van der Waals surface area contributed by atoms with Gasteiger partial charge in [-0.05, 0) is 62.4 Å². The number of imide groups is 1. The van der Waals surface area contributed by atoms with Crippen molar-refractivity contribution in [2.45, 2.75) is 82.6 Å². The Kier molecular flexibility index (Phi) is 9.91. The number of hydrogen-bond donors (Lipinski definition) is 3. The highest BCUT2D eigenvalue weighted by Crippen LogP contribution is 2.40. The molecule has 5 amide bonds. The van der Waals surface area contributed by atoms with E-state index in [9.17, 15) is 32.3 Å². The Balaban J connectivity index is 0.795. The number of nitrogens with zero attached hydrogens (tertiary/aromatic N) is 8. The molecule has 3 aromatic heterocycles. The minimum Gasteiger partial charge on any atom is -0.369 e. The third kappa shape index (κ3) is 7.59. The number of piperidine rings is 1. The maximum atomic E-state index is 14.0. The molecule has 6 heterocycles. The zero-order valence-corrected chi connectivity index (χ0v) is 30.1. The summed E-state index contributed by atoms with van der Waals surface area (Å²) in [6.45, 7) is 4.76. The predicted octanol–water partition coefficient (Wildman–Crippen LogP) is 4.61. The summed E-state index contributed by atoms with van der Waals surface area (Å²) in [5.41, 5.74) is 2.73. The smallest absolute Gasteiger partial charge is 0.369 e. The van der Waals surface area contributed by atoms with Crippen LogP contribution in [0.15, 0.2) is 42.9 Å². The summed E-state index contributed by atoms with van der Waals surface area (Å²) in [5, 5.41) is 15.5. The molecule has 1 atom stereocenters. The number of urea groups is 1. The normalized spacial score (nSPS) is 19.5. The van der Waals surface area contributed by atoms with Gasteiger partial charge in [-0.2, -0.15) is 23.4 Å². The third-order valence-corrected chi connectivity index (χ3v) is 11.1. The van der Waals surface area contributed by atoms with E-state index in [4.69, 9.17) is 0 Å². The number of unbranched alkanes of at least 4 members (excludes halogenated alkanes) is 2. The zero-order chi connectivity index (χ0) is 38.3. The number of rotatable bonds is 11. The van der Waals surface area contributed by atoms with Crippen molar-refractivity contribution < 1.29 is 32.3 Å². The second-order valence-corrected chi connectivity index (χ2v) is 14.6. The molecule has 4 aliphatic rings. The lowest BCUT2D eigenvalue weighted by Gasteiger charge is -2.36. The summed E-state index contributed by atoms with van der Waals surface area (Å²) in [6, 6.07) is 6.08. The Hall–Kier alpha value is -5.52. The molecule has 290 valence electrons. The number of carbonyl (C=O) groups excluding carboxylic acids is 4. The molecular weight excluding hydrogens is 719 g/mol. The average molecular weight is 762 g/mol. The molecule has 1 unspecified atom stereocenters. The number of alkyl halides is 3. The van der Waals surface area contributed by atoms with Crippen molar-refractivity contribution in [3.63, 3.8) is 0 Å². The van der Waals surface area contributed by atoms with Crippen LogP contribution in [0.2, 0.25) is 0 Å². The van der Waals surface area contributed by atoms with Crippen LogP contribution in [0.3, 0.4) is 0 Å².